The van der Waals surface area contributed by atoms with E-state index in [1.54, 1.807) is 53.6 Å². The standard InChI is InChI=1S/C30H38ClN5O6S/c31-24-10-9-22(18-32)23(16-24)19-33-27(37)26-8-4-5-11-36(26)29(39)30(17-25(30)28(38)35-12-14-42-15-13-35)34-43(40,41)20-21-6-2-1-3-7-21/h1-3,6-7,9-10,12,14,16,25-26,28,34,38H,4-5,8,11,13,15,17-20,32H2,(H,33,37)/t25-,26+,28?,30?/m1/s1. The number of ether oxygens (including phenoxy) is 1. The molecule has 11 nitrogen and oxygen atoms in total. The zero-order chi connectivity index (χ0) is 30.6. The molecule has 2 aromatic carbocycles. The van der Waals surface area contributed by atoms with Crippen LogP contribution in [0.2, 0.25) is 5.02 Å². The molecule has 0 radical (unpaired) electrons. The molecule has 0 bridgehead atoms. The second-order valence-electron chi connectivity index (χ2n) is 11.3. The van der Waals surface area contributed by atoms with Crippen molar-refractivity contribution in [2.45, 2.75) is 62.3 Å². The Hall–Kier alpha value is -3.16. The quantitative estimate of drug-likeness (QED) is 0.293. The van der Waals surface area contributed by atoms with Gasteiger partial charge in [0.25, 0.3) is 0 Å². The van der Waals surface area contributed by atoms with E-state index in [4.69, 9.17) is 22.1 Å². The molecule has 43 heavy (non-hydrogen) atoms. The van der Waals surface area contributed by atoms with Gasteiger partial charge in [-0.05, 0) is 54.5 Å². The van der Waals surface area contributed by atoms with Gasteiger partial charge in [0.15, 0.2) is 0 Å². The van der Waals surface area contributed by atoms with Gasteiger partial charge >= 0.3 is 0 Å². The van der Waals surface area contributed by atoms with Gasteiger partial charge in [-0.15, -0.1) is 0 Å². The number of carbonyl (C=O) groups is 2. The molecule has 0 spiro atoms. The molecule has 1 saturated carbocycles. The van der Waals surface area contributed by atoms with E-state index < -0.39 is 39.7 Å². The van der Waals surface area contributed by atoms with E-state index in [2.05, 4.69) is 10.0 Å². The van der Waals surface area contributed by atoms with E-state index in [0.29, 0.717) is 43.1 Å². The Morgan fingerprint density at radius 1 is 1.14 bits per heavy atom. The van der Waals surface area contributed by atoms with Crippen LogP contribution in [0.25, 0.3) is 0 Å². The fraction of sp³-hybridized carbons (Fsp3) is 0.467. The number of nitrogens with zero attached hydrogens (tertiary/aromatic N) is 2. The van der Waals surface area contributed by atoms with E-state index in [0.717, 1.165) is 17.5 Å². The summed E-state index contributed by atoms with van der Waals surface area (Å²) in [6.07, 6.45) is 3.86. The summed E-state index contributed by atoms with van der Waals surface area (Å²) in [4.78, 5) is 31.0. The molecule has 3 aliphatic rings. The number of nitrogens with two attached hydrogens (primary N) is 1. The maximum atomic E-state index is 14.4. The van der Waals surface area contributed by atoms with Gasteiger partial charge in [0.05, 0.1) is 18.6 Å². The number of aliphatic hydroxyl groups is 1. The predicted octanol–water partition coefficient (Wildman–Crippen LogP) is 1.80. The second-order valence-corrected chi connectivity index (χ2v) is 13.4. The lowest BCUT2D eigenvalue weighted by Crippen LogP contribution is -2.60. The minimum Gasteiger partial charge on any atom is -0.498 e. The van der Waals surface area contributed by atoms with Crippen LogP contribution in [0.4, 0.5) is 0 Å². The third kappa shape index (κ3) is 7.15. The van der Waals surface area contributed by atoms with Gasteiger partial charge in [-0.25, -0.2) is 8.42 Å². The van der Waals surface area contributed by atoms with Crippen molar-refractivity contribution in [3.05, 3.63) is 82.7 Å². The molecule has 2 aliphatic heterocycles. The first-order valence-electron chi connectivity index (χ1n) is 14.5. The molecule has 2 heterocycles. The first-order chi connectivity index (χ1) is 20.6. The number of amides is 2. The fourth-order valence-electron chi connectivity index (χ4n) is 6.00. The summed E-state index contributed by atoms with van der Waals surface area (Å²) in [5.41, 5.74) is 6.47. The summed E-state index contributed by atoms with van der Waals surface area (Å²) in [7, 11) is -4.00. The monoisotopic (exact) mass is 631 g/mol. The summed E-state index contributed by atoms with van der Waals surface area (Å²) >= 11 is 6.16. The molecule has 2 amide bonds. The van der Waals surface area contributed by atoms with Crippen molar-refractivity contribution in [3.8, 4) is 0 Å². The lowest BCUT2D eigenvalue weighted by atomic mass is 9.98. The molecule has 4 atom stereocenters. The van der Waals surface area contributed by atoms with Crippen LogP contribution < -0.4 is 15.8 Å². The minimum absolute atomic E-state index is 0.0967. The molecular weight excluding hydrogens is 594 g/mol. The minimum atomic E-state index is -4.00. The average Bonchev–Trinajstić information content (AvgIpc) is 3.73. The highest BCUT2D eigenvalue weighted by atomic mass is 35.5. The van der Waals surface area contributed by atoms with Crippen LogP contribution in [0.5, 0.6) is 0 Å². The highest BCUT2D eigenvalue weighted by Crippen LogP contribution is 2.49. The molecule has 2 fully saturated rings. The molecule has 1 saturated heterocycles. The maximum Gasteiger partial charge on any atom is 0.245 e. The van der Waals surface area contributed by atoms with Crippen LogP contribution >= 0.6 is 11.6 Å². The number of halogens is 1. The van der Waals surface area contributed by atoms with Crippen LogP contribution in [-0.2, 0) is 43.2 Å². The van der Waals surface area contributed by atoms with Crippen LogP contribution in [-0.4, -0.2) is 72.6 Å². The number of sulfonamides is 1. The number of aliphatic hydroxyl groups excluding tert-OH is 1. The van der Waals surface area contributed by atoms with E-state index in [1.165, 1.54) is 11.2 Å². The number of carbonyl (C=O) groups excluding carboxylic acids is 2. The number of benzene rings is 2. The van der Waals surface area contributed by atoms with E-state index in [-0.39, 0.29) is 31.2 Å². The number of hydrogen-bond donors (Lipinski definition) is 4. The van der Waals surface area contributed by atoms with Crippen molar-refractivity contribution in [2.75, 3.05) is 19.7 Å². The van der Waals surface area contributed by atoms with Crippen molar-refractivity contribution in [2.24, 2.45) is 11.7 Å². The van der Waals surface area contributed by atoms with Crippen LogP contribution in [0.3, 0.4) is 0 Å². The molecule has 5 rings (SSSR count). The third-order valence-electron chi connectivity index (χ3n) is 8.36. The normalized spacial score (nSPS) is 24.3. The van der Waals surface area contributed by atoms with Crippen LogP contribution in [0.1, 0.15) is 42.4 Å². The Morgan fingerprint density at radius 2 is 1.93 bits per heavy atom. The number of nitrogens with one attached hydrogen (secondary N) is 2. The second kappa shape index (κ2) is 13.2. The summed E-state index contributed by atoms with van der Waals surface area (Å²) < 4.78 is 34.8. The Kier molecular flexibility index (Phi) is 9.62. The van der Waals surface area contributed by atoms with Gasteiger partial charge < -0.3 is 30.7 Å². The van der Waals surface area contributed by atoms with E-state index in [9.17, 15) is 23.1 Å². The van der Waals surface area contributed by atoms with Gasteiger partial charge in [-0.1, -0.05) is 48.0 Å². The SMILES string of the molecule is NCc1ccc(Cl)cc1CNC(=O)[C@@H]1CCCCN1C(=O)C1(NS(=O)(=O)Cc2ccccc2)C[C@@H]1C(O)N1C=COCC1. The smallest absolute Gasteiger partial charge is 0.245 e. The topological polar surface area (TPSA) is 154 Å². The molecule has 1 aliphatic carbocycles. The van der Waals surface area contributed by atoms with Gasteiger partial charge in [-0.2, -0.15) is 4.72 Å². The summed E-state index contributed by atoms with van der Waals surface area (Å²) in [5, 5.41) is 14.7. The molecule has 232 valence electrons. The zero-order valence-electron chi connectivity index (χ0n) is 23.8. The largest absolute Gasteiger partial charge is 0.498 e. The first-order valence-corrected chi connectivity index (χ1v) is 16.5. The molecule has 13 heteroatoms. The maximum absolute atomic E-state index is 14.4. The third-order valence-corrected chi connectivity index (χ3v) is 9.98. The van der Waals surface area contributed by atoms with Crippen molar-refractivity contribution in [3.63, 3.8) is 0 Å². The predicted molar refractivity (Wildman–Crippen MR) is 161 cm³/mol. The van der Waals surface area contributed by atoms with Crippen molar-refractivity contribution >= 4 is 33.4 Å². The summed E-state index contributed by atoms with van der Waals surface area (Å²) in [5.74, 6) is -1.89. The number of rotatable bonds is 11. The molecular formula is C30H38ClN5O6S. The van der Waals surface area contributed by atoms with Gasteiger partial charge in [0, 0.05) is 36.8 Å². The molecule has 5 N–H and O–H groups in total. The number of piperidine rings is 1. The molecule has 2 aromatic rings. The highest BCUT2D eigenvalue weighted by molar-refractivity contribution is 7.88. The first kappa shape index (κ1) is 31.3. The fourth-order valence-corrected chi connectivity index (χ4v) is 7.77. The zero-order valence-corrected chi connectivity index (χ0v) is 25.4. The average molecular weight is 632 g/mol. The number of hydrogen-bond acceptors (Lipinski definition) is 8. The van der Waals surface area contributed by atoms with Crippen LogP contribution in [0, 0.1) is 5.92 Å². The van der Waals surface area contributed by atoms with Gasteiger partial charge in [0.1, 0.15) is 24.4 Å². The highest BCUT2D eigenvalue weighted by Gasteiger charge is 2.67. The summed E-state index contributed by atoms with van der Waals surface area (Å²) in [6.45, 7) is 1.50. The van der Waals surface area contributed by atoms with E-state index >= 15 is 0 Å². The van der Waals surface area contributed by atoms with Crippen molar-refractivity contribution < 1.29 is 27.9 Å². The lowest BCUT2D eigenvalue weighted by molar-refractivity contribution is -0.145. The Bertz CT molecular complexity index is 1460. The number of likely N-dealkylation sites (tertiary alicyclic amines) is 1. The molecule has 2 unspecified atom stereocenters. The summed E-state index contributed by atoms with van der Waals surface area (Å²) in [6, 6.07) is 13.2. The van der Waals surface area contributed by atoms with Crippen molar-refractivity contribution in [1.29, 1.82) is 0 Å². The Morgan fingerprint density at radius 3 is 2.65 bits per heavy atom. The van der Waals surface area contributed by atoms with E-state index in [1.807, 2.05) is 6.07 Å². The molecule has 0 aromatic heterocycles. The van der Waals surface area contributed by atoms with Gasteiger partial charge in [0.2, 0.25) is 21.8 Å². The van der Waals surface area contributed by atoms with Gasteiger partial charge in [-0.3, -0.25) is 9.59 Å². The van der Waals surface area contributed by atoms with Crippen molar-refractivity contribution in [1.82, 2.24) is 19.8 Å². The Balaban J connectivity index is 1.37. The Labute approximate surface area is 257 Å². The van der Waals surface area contributed by atoms with Crippen LogP contribution in [0.15, 0.2) is 61.0 Å². The lowest BCUT2D eigenvalue weighted by Gasteiger charge is -2.38.